The van der Waals surface area contributed by atoms with Gasteiger partial charge in [0.2, 0.25) is 0 Å². The summed E-state index contributed by atoms with van der Waals surface area (Å²) in [7, 11) is 0. The molecule has 16 heavy (non-hydrogen) atoms. The maximum absolute atomic E-state index is 4.47. The number of aliphatic imine (C=N–C) groups is 1. The second kappa shape index (κ2) is 4.75. The van der Waals surface area contributed by atoms with Crippen LogP contribution in [-0.4, -0.2) is 6.21 Å². The van der Waals surface area contributed by atoms with Crippen molar-refractivity contribution in [3.63, 3.8) is 0 Å². The molecule has 0 bridgehead atoms. The Hall–Kier alpha value is -1.89. The SMILES string of the molecule is Cc1cccc(N=Cc2ccccc2C)c1. The Morgan fingerprint density at radius 1 is 0.938 bits per heavy atom. The van der Waals surface area contributed by atoms with E-state index in [4.69, 9.17) is 0 Å². The van der Waals surface area contributed by atoms with Crippen molar-refractivity contribution in [2.24, 2.45) is 4.99 Å². The zero-order valence-electron chi connectivity index (χ0n) is 9.64. The molecule has 2 aromatic rings. The van der Waals surface area contributed by atoms with Crippen LogP contribution in [0, 0.1) is 13.8 Å². The molecule has 0 saturated carbocycles. The Balaban J connectivity index is 2.25. The van der Waals surface area contributed by atoms with Gasteiger partial charge >= 0.3 is 0 Å². The average Bonchev–Trinajstić information content (AvgIpc) is 2.28. The Bertz CT molecular complexity index is 512. The van der Waals surface area contributed by atoms with Gasteiger partial charge in [0.1, 0.15) is 0 Å². The van der Waals surface area contributed by atoms with Crippen molar-refractivity contribution in [1.29, 1.82) is 0 Å². The number of rotatable bonds is 2. The first-order valence-corrected chi connectivity index (χ1v) is 5.42. The summed E-state index contributed by atoms with van der Waals surface area (Å²) in [5.41, 5.74) is 4.66. The topological polar surface area (TPSA) is 12.4 Å². The predicted molar refractivity (Wildman–Crippen MR) is 69.6 cm³/mol. The third-order valence-electron chi connectivity index (χ3n) is 2.54. The van der Waals surface area contributed by atoms with Crippen LogP contribution in [0.15, 0.2) is 53.5 Å². The number of hydrogen-bond acceptors (Lipinski definition) is 1. The van der Waals surface area contributed by atoms with E-state index in [0.717, 1.165) is 5.69 Å². The van der Waals surface area contributed by atoms with Crippen LogP contribution in [0.5, 0.6) is 0 Å². The molecule has 0 heterocycles. The first-order valence-electron chi connectivity index (χ1n) is 5.42. The fourth-order valence-electron chi connectivity index (χ4n) is 1.58. The largest absolute Gasteiger partial charge is 0.256 e. The van der Waals surface area contributed by atoms with Gasteiger partial charge in [0.25, 0.3) is 0 Å². The van der Waals surface area contributed by atoms with Gasteiger partial charge in [0.15, 0.2) is 0 Å². The zero-order chi connectivity index (χ0) is 11.4. The highest BCUT2D eigenvalue weighted by Gasteiger charge is 1.92. The maximum atomic E-state index is 4.47. The molecular formula is C15H15N. The number of nitrogens with zero attached hydrogens (tertiary/aromatic N) is 1. The minimum absolute atomic E-state index is 1.00. The van der Waals surface area contributed by atoms with Crippen LogP contribution in [0.3, 0.4) is 0 Å². The minimum Gasteiger partial charge on any atom is -0.256 e. The summed E-state index contributed by atoms with van der Waals surface area (Å²) in [5.74, 6) is 0. The highest BCUT2D eigenvalue weighted by molar-refractivity contribution is 5.83. The van der Waals surface area contributed by atoms with E-state index in [2.05, 4.69) is 43.1 Å². The summed E-state index contributed by atoms with van der Waals surface area (Å²) in [6.45, 7) is 4.17. The van der Waals surface area contributed by atoms with Crippen LogP contribution in [0.25, 0.3) is 0 Å². The molecule has 0 saturated heterocycles. The number of benzene rings is 2. The Labute approximate surface area is 96.5 Å². The first kappa shape index (κ1) is 10.6. The van der Waals surface area contributed by atoms with Gasteiger partial charge in [-0.2, -0.15) is 0 Å². The molecule has 0 aliphatic heterocycles. The predicted octanol–water partition coefficient (Wildman–Crippen LogP) is 4.05. The fourth-order valence-corrected chi connectivity index (χ4v) is 1.58. The van der Waals surface area contributed by atoms with E-state index in [1.165, 1.54) is 16.7 Å². The molecule has 2 rings (SSSR count). The summed E-state index contributed by atoms with van der Waals surface area (Å²) >= 11 is 0. The van der Waals surface area contributed by atoms with Crippen molar-refractivity contribution in [1.82, 2.24) is 0 Å². The molecule has 0 aliphatic carbocycles. The Morgan fingerprint density at radius 3 is 2.50 bits per heavy atom. The van der Waals surface area contributed by atoms with Gasteiger partial charge in [0, 0.05) is 6.21 Å². The molecule has 80 valence electrons. The van der Waals surface area contributed by atoms with Crippen LogP contribution >= 0.6 is 0 Å². The van der Waals surface area contributed by atoms with E-state index in [1.807, 2.05) is 30.5 Å². The Morgan fingerprint density at radius 2 is 1.75 bits per heavy atom. The van der Waals surface area contributed by atoms with Crippen molar-refractivity contribution in [2.45, 2.75) is 13.8 Å². The van der Waals surface area contributed by atoms with Gasteiger partial charge in [-0.1, -0.05) is 36.4 Å². The zero-order valence-corrected chi connectivity index (χ0v) is 9.64. The molecule has 0 N–H and O–H groups in total. The van der Waals surface area contributed by atoms with Crippen molar-refractivity contribution in [3.05, 3.63) is 65.2 Å². The molecule has 0 spiro atoms. The molecular weight excluding hydrogens is 194 g/mol. The van der Waals surface area contributed by atoms with Crippen LogP contribution in [-0.2, 0) is 0 Å². The summed E-state index contributed by atoms with van der Waals surface area (Å²) in [6.07, 6.45) is 1.92. The molecule has 0 aliphatic rings. The van der Waals surface area contributed by atoms with E-state index in [9.17, 15) is 0 Å². The fraction of sp³-hybridized carbons (Fsp3) is 0.133. The number of aryl methyl sites for hydroxylation is 2. The van der Waals surface area contributed by atoms with Gasteiger partial charge in [-0.05, 0) is 42.7 Å². The molecule has 0 atom stereocenters. The van der Waals surface area contributed by atoms with Crippen molar-refractivity contribution >= 4 is 11.9 Å². The van der Waals surface area contributed by atoms with Gasteiger partial charge < -0.3 is 0 Å². The molecule has 0 unspecified atom stereocenters. The molecule has 0 amide bonds. The maximum Gasteiger partial charge on any atom is 0.0632 e. The van der Waals surface area contributed by atoms with Crippen molar-refractivity contribution < 1.29 is 0 Å². The smallest absolute Gasteiger partial charge is 0.0632 e. The highest BCUT2D eigenvalue weighted by Crippen LogP contribution is 2.14. The quantitative estimate of drug-likeness (QED) is 0.661. The second-order valence-corrected chi connectivity index (χ2v) is 3.95. The van der Waals surface area contributed by atoms with Crippen molar-refractivity contribution in [2.75, 3.05) is 0 Å². The molecule has 1 nitrogen and oxygen atoms in total. The van der Waals surface area contributed by atoms with E-state index in [0.29, 0.717) is 0 Å². The molecule has 1 heteroatoms. The van der Waals surface area contributed by atoms with Crippen molar-refractivity contribution in [3.8, 4) is 0 Å². The second-order valence-electron chi connectivity index (χ2n) is 3.95. The van der Waals surface area contributed by atoms with Gasteiger partial charge in [-0.3, -0.25) is 4.99 Å². The first-order chi connectivity index (χ1) is 7.75. The van der Waals surface area contributed by atoms with Crippen LogP contribution in [0.2, 0.25) is 0 Å². The van der Waals surface area contributed by atoms with Gasteiger partial charge in [-0.15, -0.1) is 0 Å². The average molecular weight is 209 g/mol. The van der Waals surface area contributed by atoms with Gasteiger partial charge in [0.05, 0.1) is 5.69 Å². The lowest BCUT2D eigenvalue weighted by molar-refractivity contribution is 1.41. The minimum atomic E-state index is 1.00. The number of hydrogen-bond donors (Lipinski definition) is 0. The monoisotopic (exact) mass is 209 g/mol. The standard InChI is InChI=1S/C15H15N/c1-12-6-5-9-15(10-12)16-11-14-8-4-3-7-13(14)2/h3-11H,1-2H3. The molecule has 0 fully saturated rings. The normalized spacial score (nSPS) is 10.9. The van der Waals surface area contributed by atoms with Crippen LogP contribution in [0.4, 0.5) is 5.69 Å². The summed E-state index contributed by atoms with van der Waals surface area (Å²) < 4.78 is 0. The lowest BCUT2D eigenvalue weighted by Gasteiger charge is -1.99. The van der Waals surface area contributed by atoms with E-state index in [-0.39, 0.29) is 0 Å². The highest BCUT2D eigenvalue weighted by atomic mass is 14.7. The summed E-state index contributed by atoms with van der Waals surface area (Å²) in [6, 6.07) is 16.4. The van der Waals surface area contributed by atoms with Crippen LogP contribution in [0.1, 0.15) is 16.7 Å². The molecule has 2 aromatic carbocycles. The van der Waals surface area contributed by atoms with Gasteiger partial charge in [-0.25, -0.2) is 0 Å². The van der Waals surface area contributed by atoms with E-state index >= 15 is 0 Å². The summed E-state index contributed by atoms with van der Waals surface area (Å²) in [5, 5.41) is 0. The Kier molecular flexibility index (Phi) is 3.16. The van der Waals surface area contributed by atoms with E-state index in [1.54, 1.807) is 0 Å². The lowest BCUT2D eigenvalue weighted by atomic mass is 10.1. The molecule has 0 radical (unpaired) electrons. The summed E-state index contributed by atoms with van der Waals surface area (Å²) in [4.78, 5) is 4.47. The third kappa shape index (κ3) is 2.57. The molecule has 0 aromatic heterocycles. The van der Waals surface area contributed by atoms with Crippen LogP contribution < -0.4 is 0 Å². The third-order valence-corrected chi connectivity index (χ3v) is 2.54. The van der Waals surface area contributed by atoms with E-state index < -0.39 is 0 Å². The lowest BCUT2D eigenvalue weighted by Crippen LogP contribution is -1.84.